The van der Waals surface area contributed by atoms with Crippen LogP contribution in [-0.2, 0) is 4.79 Å². The SMILES string of the molecule is CCN(C)C(=O)CNC(C)c1sc2ccccc2c1C. The van der Waals surface area contributed by atoms with Crippen LogP contribution < -0.4 is 5.32 Å². The van der Waals surface area contributed by atoms with Crippen molar-refractivity contribution in [3.8, 4) is 0 Å². The molecule has 1 amide bonds. The maximum absolute atomic E-state index is 11.8. The molecule has 1 unspecified atom stereocenters. The van der Waals surface area contributed by atoms with Gasteiger partial charge in [-0.05, 0) is 37.8 Å². The first-order valence-corrected chi connectivity index (χ1v) is 7.81. The summed E-state index contributed by atoms with van der Waals surface area (Å²) < 4.78 is 1.31. The van der Waals surface area contributed by atoms with Gasteiger partial charge in [-0.2, -0.15) is 0 Å². The molecule has 0 radical (unpaired) electrons. The maximum atomic E-state index is 11.8. The molecule has 0 aliphatic rings. The number of benzene rings is 1. The Hall–Kier alpha value is -1.39. The van der Waals surface area contributed by atoms with Crippen molar-refractivity contribution in [2.24, 2.45) is 0 Å². The molecule has 0 aliphatic heterocycles. The van der Waals surface area contributed by atoms with E-state index in [0.29, 0.717) is 6.54 Å². The topological polar surface area (TPSA) is 32.3 Å². The highest BCUT2D eigenvalue weighted by Crippen LogP contribution is 2.34. The first-order valence-electron chi connectivity index (χ1n) is 7.00. The number of aryl methyl sites for hydroxylation is 1. The number of carbonyl (C=O) groups excluding carboxylic acids is 1. The lowest BCUT2D eigenvalue weighted by Crippen LogP contribution is -2.36. The van der Waals surface area contributed by atoms with E-state index >= 15 is 0 Å². The fourth-order valence-corrected chi connectivity index (χ4v) is 3.49. The predicted molar refractivity (Wildman–Crippen MR) is 86.3 cm³/mol. The minimum absolute atomic E-state index is 0.137. The minimum Gasteiger partial charge on any atom is -0.345 e. The zero-order valence-electron chi connectivity index (χ0n) is 12.6. The molecule has 0 spiro atoms. The van der Waals surface area contributed by atoms with Gasteiger partial charge in [0.05, 0.1) is 6.54 Å². The van der Waals surface area contributed by atoms with Crippen molar-refractivity contribution in [3.05, 3.63) is 34.7 Å². The molecule has 1 aromatic carbocycles. The highest BCUT2D eigenvalue weighted by molar-refractivity contribution is 7.19. The normalized spacial score (nSPS) is 12.6. The summed E-state index contributed by atoms with van der Waals surface area (Å²) in [6, 6.07) is 8.65. The maximum Gasteiger partial charge on any atom is 0.236 e. The lowest BCUT2D eigenvalue weighted by Gasteiger charge is -2.18. The number of carbonyl (C=O) groups is 1. The average molecular weight is 290 g/mol. The lowest BCUT2D eigenvalue weighted by atomic mass is 10.1. The number of nitrogens with zero attached hydrogens (tertiary/aromatic N) is 1. The van der Waals surface area contributed by atoms with Crippen LogP contribution in [0.2, 0.25) is 0 Å². The van der Waals surface area contributed by atoms with E-state index in [9.17, 15) is 4.79 Å². The molecule has 0 bridgehead atoms. The van der Waals surface area contributed by atoms with Crippen LogP contribution in [0.1, 0.15) is 30.3 Å². The third-order valence-corrected chi connectivity index (χ3v) is 5.19. The lowest BCUT2D eigenvalue weighted by molar-refractivity contribution is -0.128. The van der Waals surface area contributed by atoms with Gasteiger partial charge in [0.15, 0.2) is 0 Å². The molecule has 4 heteroatoms. The highest BCUT2D eigenvalue weighted by Gasteiger charge is 2.15. The van der Waals surface area contributed by atoms with Crippen molar-refractivity contribution < 1.29 is 4.79 Å². The van der Waals surface area contributed by atoms with Crippen LogP contribution in [0.25, 0.3) is 10.1 Å². The van der Waals surface area contributed by atoms with Crippen LogP contribution in [0.3, 0.4) is 0 Å². The van der Waals surface area contributed by atoms with Crippen LogP contribution >= 0.6 is 11.3 Å². The third kappa shape index (κ3) is 3.02. The summed E-state index contributed by atoms with van der Waals surface area (Å²) in [6.45, 7) is 7.40. The Labute approximate surface area is 124 Å². The Morgan fingerprint density at radius 1 is 1.40 bits per heavy atom. The molecule has 0 fully saturated rings. The molecule has 1 aromatic heterocycles. The number of nitrogens with one attached hydrogen (secondary N) is 1. The Kier molecular flexibility index (Phi) is 4.78. The fraction of sp³-hybridized carbons (Fsp3) is 0.438. The van der Waals surface area contributed by atoms with E-state index in [4.69, 9.17) is 0 Å². The van der Waals surface area contributed by atoms with E-state index in [0.717, 1.165) is 6.54 Å². The van der Waals surface area contributed by atoms with Crippen molar-refractivity contribution in [2.45, 2.75) is 26.8 Å². The van der Waals surface area contributed by atoms with Gasteiger partial charge in [-0.25, -0.2) is 0 Å². The summed E-state index contributed by atoms with van der Waals surface area (Å²) in [6.07, 6.45) is 0. The van der Waals surface area contributed by atoms with Crippen molar-refractivity contribution in [2.75, 3.05) is 20.1 Å². The highest BCUT2D eigenvalue weighted by atomic mass is 32.1. The summed E-state index contributed by atoms with van der Waals surface area (Å²) in [5.41, 5.74) is 1.32. The number of amides is 1. The molecule has 3 nitrogen and oxygen atoms in total. The van der Waals surface area contributed by atoms with Gasteiger partial charge in [-0.15, -0.1) is 11.3 Å². The molecule has 108 valence electrons. The largest absolute Gasteiger partial charge is 0.345 e. The summed E-state index contributed by atoms with van der Waals surface area (Å²) >= 11 is 1.81. The number of fused-ring (bicyclic) bond motifs is 1. The molecule has 1 heterocycles. The minimum atomic E-state index is 0.137. The van der Waals surface area contributed by atoms with Crippen molar-refractivity contribution >= 4 is 27.3 Å². The van der Waals surface area contributed by atoms with Gasteiger partial charge < -0.3 is 10.2 Å². The first kappa shape index (κ1) is 15.0. The van der Waals surface area contributed by atoms with Gasteiger partial charge in [-0.1, -0.05) is 18.2 Å². The summed E-state index contributed by atoms with van der Waals surface area (Å²) in [4.78, 5) is 14.9. The predicted octanol–water partition coefficient (Wildman–Crippen LogP) is 3.34. The van der Waals surface area contributed by atoms with E-state index in [1.807, 2.05) is 25.3 Å². The summed E-state index contributed by atoms with van der Waals surface area (Å²) in [5, 5.41) is 4.65. The number of thiophene rings is 1. The van der Waals surface area contributed by atoms with E-state index in [1.54, 1.807) is 4.90 Å². The van der Waals surface area contributed by atoms with Crippen LogP contribution in [0.4, 0.5) is 0 Å². The molecule has 0 saturated carbocycles. The number of hydrogen-bond acceptors (Lipinski definition) is 3. The molecular weight excluding hydrogens is 268 g/mol. The molecule has 0 saturated heterocycles. The number of hydrogen-bond donors (Lipinski definition) is 1. The van der Waals surface area contributed by atoms with Gasteiger partial charge in [0, 0.05) is 29.2 Å². The van der Waals surface area contributed by atoms with E-state index in [2.05, 4.69) is 43.4 Å². The zero-order chi connectivity index (χ0) is 14.7. The second-order valence-corrected chi connectivity index (χ2v) is 6.18. The second kappa shape index (κ2) is 6.37. The Morgan fingerprint density at radius 2 is 2.10 bits per heavy atom. The quantitative estimate of drug-likeness (QED) is 0.916. The van der Waals surface area contributed by atoms with Crippen molar-refractivity contribution in [1.82, 2.24) is 10.2 Å². The van der Waals surface area contributed by atoms with Gasteiger partial charge in [0.25, 0.3) is 0 Å². The van der Waals surface area contributed by atoms with Gasteiger partial charge in [-0.3, -0.25) is 4.79 Å². The van der Waals surface area contributed by atoms with Gasteiger partial charge in [0.2, 0.25) is 5.91 Å². The van der Waals surface area contributed by atoms with Gasteiger partial charge in [0.1, 0.15) is 0 Å². The molecule has 20 heavy (non-hydrogen) atoms. The molecule has 1 N–H and O–H groups in total. The van der Waals surface area contributed by atoms with E-state index in [-0.39, 0.29) is 11.9 Å². The molecule has 1 atom stereocenters. The zero-order valence-corrected chi connectivity index (χ0v) is 13.4. The fourth-order valence-electron chi connectivity index (χ4n) is 2.25. The Bertz CT molecular complexity index is 606. The van der Waals surface area contributed by atoms with Gasteiger partial charge >= 0.3 is 0 Å². The summed E-state index contributed by atoms with van der Waals surface area (Å²) in [5.74, 6) is 0.137. The monoisotopic (exact) mass is 290 g/mol. The van der Waals surface area contributed by atoms with E-state index in [1.165, 1.54) is 20.5 Å². The number of likely N-dealkylation sites (N-methyl/N-ethyl adjacent to an activating group) is 1. The Morgan fingerprint density at radius 3 is 2.75 bits per heavy atom. The standard InChI is InChI=1S/C16H22N2OS/c1-5-18(4)15(19)10-17-12(3)16-11(2)13-8-6-7-9-14(13)20-16/h6-9,12,17H,5,10H2,1-4H3. The molecule has 2 aromatic rings. The smallest absolute Gasteiger partial charge is 0.236 e. The third-order valence-electron chi connectivity index (χ3n) is 3.73. The number of rotatable bonds is 5. The Balaban J connectivity index is 2.10. The van der Waals surface area contributed by atoms with Crippen LogP contribution in [0.15, 0.2) is 24.3 Å². The second-order valence-electron chi connectivity index (χ2n) is 5.10. The van der Waals surface area contributed by atoms with Crippen molar-refractivity contribution in [3.63, 3.8) is 0 Å². The first-order chi connectivity index (χ1) is 9.54. The molecular formula is C16H22N2OS. The van der Waals surface area contributed by atoms with Crippen LogP contribution in [0.5, 0.6) is 0 Å². The van der Waals surface area contributed by atoms with E-state index < -0.39 is 0 Å². The van der Waals surface area contributed by atoms with Crippen LogP contribution in [0, 0.1) is 6.92 Å². The summed E-state index contributed by atoms with van der Waals surface area (Å²) in [7, 11) is 1.83. The average Bonchev–Trinajstić information content (AvgIpc) is 2.81. The van der Waals surface area contributed by atoms with Crippen LogP contribution in [-0.4, -0.2) is 30.9 Å². The molecule has 0 aliphatic carbocycles. The van der Waals surface area contributed by atoms with Crippen molar-refractivity contribution in [1.29, 1.82) is 0 Å². The molecule has 2 rings (SSSR count).